The fourth-order valence-electron chi connectivity index (χ4n) is 4.59. The summed E-state index contributed by atoms with van der Waals surface area (Å²) in [6.45, 7) is 5.17. The van der Waals surface area contributed by atoms with Crippen LogP contribution < -0.4 is 9.47 Å². The molecule has 0 unspecified atom stereocenters. The number of ether oxygens (including phenoxy) is 2. The summed E-state index contributed by atoms with van der Waals surface area (Å²) in [7, 11) is 3.76. The van der Waals surface area contributed by atoms with Crippen LogP contribution in [0.1, 0.15) is 35.2 Å². The van der Waals surface area contributed by atoms with Gasteiger partial charge < -0.3 is 29.5 Å². The number of rotatable bonds is 10. The Morgan fingerprint density at radius 2 is 1.72 bits per heavy atom. The molecule has 1 atom stereocenters. The molecule has 0 radical (unpaired) electrons. The molecule has 0 saturated carbocycles. The van der Waals surface area contributed by atoms with Crippen molar-refractivity contribution in [2.45, 2.75) is 26.5 Å². The molecule has 3 aromatic carbocycles. The first-order valence-electron chi connectivity index (χ1n) is 12.9. The number of hydrogen-bond acceptors (Lipinski definition) is 7. The standard InChI is InChI=1S/C31H34N2O6/c1-5-38-26-18-22(11-13-24(26)34)28-27(30(36)31(37)33(28)16-15-32(3)4)29(35)23-12-14-25(20(2)17-23)39-19-21-9-7-6-8-10-21/h6-14,17-18,28,34-35H,5,15-16,19H2,1-4H3/b29-27+/t28-/m1/s1. The molecule has 0 aliphatic carbocycles. The van der Waals surface area contributed by atoms with Gasteiger partial charge in [0.2, 0.25) is 0 Å². The zero-order valence-electron chi connectivity index (χ0n) is 22.7. The number of aliphatic hydroxyl groups is 1. The van der Waals surface area contributed by atoms with Crippen molar-refractivity contribution < 1.29 is 29.3 Å². The molecule has 2 N–H and O–H groups in total. The smallest absolute Gasteiger partial charge is 0.295 e. The van der Waals surface area contributed by atoms with E-state index in [2.05, 4.69) is 0 Å². The average Bonchev–Trinajstić information content (AvgIpc) is 3.17. The van der Waals surface area contributed by atoms with Crippen molar-refractivity contribution in [3.8, 4) is 17.2 Å². The fourth-order valence-corrected chi connectivity index (χ4v) is 4.59. The summed E-state index contributed by atoms with van der Waals surface area (Å²) in [6, 6.07) is 18.8. The molecule has 0 aromatic heterocycles. The van der Waals surface area contributed by atoms with Crippen molar-refractivity contribution in [1.82, 2.24) is 9.80 Å². The van der Waals surface area contributed by atoms with Crippen LogP contribution in [-0.2, 0) is 16.2 Å². The lowest BCUT2D eigenvalue weighted by molar-refractivity contribution is -0.140. The van der Waals surface area contributed by atoms with E-state index in [9.17, 15) is 19.8 Å². The number of amides is 1. The minimum Gasteiger partial charge on any atom is -0.507 e. The highest BCUT2D eigenvalue weighted by molar-refractivity contribution is 6.46. The minimum atomic E-state index is -0.848. The van der Waals surface area contributed by atoms with E-state index in [1.54, 1.807) is 37.3 Å². The van der Waals surface area contributed by atoms with Crippen molar-refractivity contribution in [2.24, 2.45) is 0 Å². The number of phenolic OH excluding ortho intramolecular Hbond substituents is 1. The first-order chi connectivity index (χ1) is 18.7. The topological polar surface area (TPSA) is 99.5 Å². The molecule has 1 aliphatic rings. The van der Waals surface area contributed by atoms with Gasteiger partial charge in [0.1, 0.15) is 18.1 Å². The lowest BCUT2D eigenvalue weighted by atomic mass is 9.94. The Bertz CT molecular complexity index is 1380. The van der Waals surface area contributed by atoms with Gasteiger partial charge in [-0.2, -0.15) is 0 Å². The van der Waals surface area contributed by atoms with Gasteiger partial charge in [-0.1, -0.05) is 36.4 Å². The molecule has 1 saturated heterocycles. The zero-order valence-corrected chi connectivity index (χ0v) is 22.7. The van der Waals surface area contributed by atoms with Gasteiger partial charge >= 0.3 is 0 Å². The van der Waals surface area contributed by atoms with Crippen LogP contribution in [0.3, 0.4) is 0 Å². The van der Waals surface area contributed by atoms with Crippen molar-refractivity contribution >= 4 is 17.4 Å². The fraction of sp³-hybridized carbons (Fsp3) is 0.290. The second kappa shape index (κ2) is 12.0. The van der Waals surface area contributed by atoms with Gasteiger partial charge in [-0.25, -0.2) is 0 Å². The number of aromatic hydroxyl groups is 1. The molecule has 0 spiro atoms. The normalized spacial score (nSPS) is 16.6. The quantitative estimate of drug-likeness (QED) is 0.223. The lowest BCUT2D eigenvalue weighted by Gasteiger charge is -2.27. The number of nitrogens with zero attached hydrogens (tertiary/aromatic N) is 2. The van der Waals surface area contributed by atoms with Gasteiger partial charge in [0, 0.05) is 18.7 Å². The van der Waals surface area contributed by atoms with E-state index >= 15 is 0 Å². The predicted octanol–water partition coefficient (Wildman–Crippen LogP) is 4.66. The Balaban J connectivity index is 1.73. The number of likely N-dealkylation sites (N-methyl/N-ethyl adjacent to an activating group) is 1. The molecule has 1 heterocycles. The minimum absolute atomic E-state index is 0.00996. The number of aliphatic hydroxyl groups excluding tert-OH is 1. The van der Waals surface area contributed by atoms with E-state index in [1.807, 2.05) is 56.3 Å². The van der Waals surface area contributed by atoms with Crippen LogP contribution >= 0.6 is 0 Å². The van der Waals surface area contributed by atoms with Gasteiger partial charge in [-0.3, -0.25) is 9.59 Å². The third-order valence-corrected chi connectivity index (χ3v) is 6.61. The van der Waals surface area contributed by atoms with Gasteiger partial charge in [-0.05, 0) is 75.0 Å². The molecule has 8 nitrogen and oxygen atoms in total. The van der Waals surface area contributed by atoms with Crippen molar-refractivity contribution in [1.29, 1.82) is 0 Å². The highest BCUT2D eigenvalue weighted by atomic mass is 16.5. The van der Waals surface area contributed by atoms with Crippen molar-refractivity contribution in [3.05, 3.63) is 94.6 Å². The summed E-state index contributed by atoms with van der Waals surface area (Å²) in [4.78, 5) is 29.9. The van der Waals surface area contributed by atoms with Crippen LogP contribution in [0.15, 0.2) is 72.3 Å². The predicted molar refractivity (Wildman–Crippen MR) is 149 cm³/mol. The van der Waals surface area contributed by atoms with Crippen LogP contribution in [-0.4, -0.2) is 65.5 Å². The van der Waals surface area contributed by atoms with Crippen LogP contribution in [0.4, 0.5) is 0 Å². The van der Waals surface area contributed by atoms with E-state index in [0.717, 1.165) is 11.1 Å². The number of carbonyl (C=O) groups is 2. The molecule has 1 aliphatic heterocycles. The Morgan fingerprint density at radius 1 is 0.974 bits per heavy atom. The summed E-state index contributed by atoms with van der Waals surface area (Å²) in [5.74, 6) is -0.873. The van der Waals surface area contributed by atoms with Crippen LogP contribution in [0.25, 0.3) is 5.76 Å². The molecule has 39 heavy (non-hydrogen) atoms. The van der Waals surface area contributed by atoms with Crippen LogP contribution in [0, 0.1) is 6.92 Å². The first kappa shape index (κ1) is 27.7. The average molecular weight is 531 g/mol. The maximum absolute atomic E-state index is 13.3. The second-order valence-corrected chi connectivity index (χ2v) is 9.71. The SMILES string of the molecule is CCOc1cc([C@@H]2/C(=C(\O)c3ccc(OCc4ccccc4)c(C)c3)C(=O)C(=O)N2CCN(C)C)ccc1O. The van der Waals surface area contributed by atoms with Crippen LogP contribution in [0.5, 0.6) is 17.2 Å². The monoisotopic (exact) mass is 530 g/mol. The summed E-state index contributed by atoms with van der Waals surface area (Å²) >= 11 is 0. The molecule has 4 rings (SSSR count). The van der Waals surface area contributed by atoms with Crippen molar-refractivity contribution in [3.63, 3.8) is 0 Å². The van der Waals surface area contributed by atoms with Crippen LogP contribution in [0.2, 0.25) is 0 Å². The van der Waals surface area contributed by atoms with Gasteiger partial charge in [0.05, 0.1) is 18.2 Å². The lowest BCUT2D eigenvalue weighted by Crippen LogP contribution is -2.35. The Labute approximate surface area is 228 Å². The number of likely N-dealkylation sites (tertiary alicyclic amines) is 1. The summed E-state index contributed by atoms with van der Waals surface area (Å²) in [6.07, 6.45) is 0. The highest BCUT2D eigenvalue weighted by Gasteiger charge is 2.46. The van der Waals surface area contributed by atoms with Crippen molar-refractivity contribution in [2.75, 3.05) is 33.8 Å². The molecule has 0 bridgehead atoms. The van der Waals surface area contributed by atoms with E-state index in [0.29, 0.717) is 36.6 Å². The van der Waals surface area contributed by atoms with Gasteiger partial charge in [-0.15, -0.1) is 0 Å². The third-order valence-electron chi connectivity index (χ3n) is 6.61. The molecular formula is C31H34N2O6. The maximum Gasteiger partial charge on any atom is 0.295 e. The number of Topliss-reactive ketones (excluding diaryl/α,β-unsaturated/α-hetero) is 1. The highest BCUT2D eigenvalue weighted by Crippen LogP contribution is 2.42. The number of phenols is 1. The molecule has 1 fully saturated rings. The van der Waals surface area contributed by atoms with Gasteiger partial charge in [0.25, 0.3) is 11.7 Å². The van der Waals surface area contributed by atoms with E-state index < -0.39 is 17.7 Å². The molecular weight excluding hydrogens is 496 g/mol. The van der Waals surface area contributed by atoms with E-state index in [1.165, 1.54) is 11.0 Å². The number of hydrogen-bond donors (Lipinski definition) is 2. The number of carbonyl (C=O) groups excluding carboxylic acids is 2. The Hall–Kier alpha value is -4.30. The second-order valence-electron chi connectivity index (χ2n) is 9.71. The number of aryl methyl sites for hydroxylation is 1. The maximum atomic E-state index is 13.3. The van der Waals surface area contributed by atoms with E-state index in [-0.39, 0.29) is 29.4 Å². The first-order valence-corrected chi connectivity index (χ1v) is 12.9. The zero-order chi connectivity index (χ0) is 28.1. The van der Waals surface area contributed by atoms with E-state index in [4.69, 9.17) is 9.47 Å². The third kappa shape index (κ3) is 6.07. The summed E-state index contributed by atoms with van der Waals surface area (Å²) < 4.78 is 11.5. The molecule has 8 heteroatoms. The summed E-state index contributed by atoms with van der Waals surface area (Å²) in [5, 5.41) is 21.7. The largest absolute Gasteiger partial charge is 0.507 e. The molecule has 1 amide bonds. The Kier molecular flexibility index (Phi) is 8.56. The molecule has 3 aromatic rings. The Morgan fingerprint density at radius 3 is 2.38 bits per heavy atom. The molecule has 204 valence electrons. The number of ketones is 1. The number of benzene rings is 3. The van der Waals surface area contributed by atoms with Gasteiger partial charge in [0.15, 0.2) is 11.5 Å². The summed E-state index contributed by atoms with van der Waals surface area (Å²) in [5.41, 5.74) is 2.75.